The minimum absolute atomic E-state index is 0.127. The van der Waals surface area contributed by atoms with Gasteiger partial charge in [-0.1, -0.05) is 6.07 Å². The highest BCUT2D eigenvalue weighted by atomic mass is 19.1. The summed E-state index contributed by atoms with van der Waals surface area (Å²) in [5, 5.41) is 19.8. The topological polar surface area (TPSA) is 128 Å². The molecule has 2 N–H and O–H groups in total. The van der Waals surface area contributed by atoms with Gasteiger partial charge in [-0.25, -0.2) is 23.5 Å². The third-order valence-corrected chi connectivity index (χ3v) is 5.39. The van der Waals surface area contributed by atoms with Crippen LogP contribution in [-0.4, -0.2) is 46.3 Å². The number of carbonyl (C=O) groups excluding carboxylic acids is 1. The predicted molar refractivity (Wildman–Crippen MR) is 114 cm³/mol. The molecule has 0 bridgehead atoms. The van der Waals surface area contributed by atoms with Crippen molar-refractivity contribution >= 4 is 17.7 Å². The van der Waals surface area contributed by atoms with Crippen LogP contribution < -0.4 is 5.32 Å². The lowest BCUT2D eigenvalue weighted by Crippen LogP contribution is -2.17. The molecule has 1 aliphatic carbocycles. The van der Waals surface area contributed by atoms with Crippen molar-refractivity contribution in [2.45, 2.75) is 19.4 Å². The van der Waals surface area contributed by atoms with Gasteiger partial charge in [0.05, 0.1) is 23.8 Å². The number of aromatic carboxylic acids is 1. The van der Waals surface area contributed by atoms with Gasteiger partial charge in [0.2, 0.25) is 0 Å². The minimum atomic E-state index is -1.36. The van der Waals surface area contributed by atoms with Gasteiger partial charge < -0.3 is 15.0 Å². The monoisotopic (exact) mass is 465 g/mol. The predicted octanol–water partition coefficient (Wildman–Crippen LogP) is 3.16. The van der Waals surface area contributed by atoms with Crippen LogP contribution in [0.5, 0.6) is 0 Å². The first-order valence-electron chi connectivity index (χ1n) is 10.3. The molecule has 0 unspecified atom stereocenters. The number of aromatic nitrogens is 6. The Labute approximate surface area is 190 Å². The van der Waals surface area contributed by atoms with Crippen LogP contribution in [-0.2, 0) is 6.54 Å². The highest BCUT2D eigenvalue weighted by Gasteiger charge is 2.24. The molecule has 0 aliphatic heterocycles. The molecule has 12 heteroatoms. The summed E-state index contributed by atoms with van der Waals surface area (Å²) in [5.41, 5.74) is -0.704. The third kappa shape index (κ3) is 4.12. The highest BCUT2D eigenvalue weighted by molar-refractivity contribution is 6.04. The SMILES string of the molecule is O=C(Nc1cccc(-c2nncn2CC2CC2)n1)c1cc(-n2cncc2C(=O)O)c(F)cc1F. The Kier molecular flexibility index (Phi) is 5.32. The highest BCUT2D eigenvalue weighted by Crippen LogP contribution is 2.31. The van der Waals surface area contributed by atoms with Crippen LogP contribution in [0.1, 0.15) is 33.7 Å². The summed E-state index contributed by atoms with van der Waals surface area (Å²) in [5.74, 6) is -3.16. The lowest BCUT2D eigenvalue weighted by atomic mass is 10.1. The molecule has 10 nitrogen and oxygen atoms in total. The molecule has 1 aromatic carbocycles. The number of rotatable bonds is 7. The molecule has 172 valence electrons. The molecule has 0 radical (unpaired) electrons. The first-order chi connectivity index (χ1) is 16.4. The van der Waals surface area contributed by atoms with E-state index in [4.69, 9.17) is 0 Å². The van der Waals surface area contributed by atoms with E-state index in [-0.39, 0.29) is 17.2 Å². The molecule has 34 heavy (non-hydrogen) atoms. The fourth-order valence-electron chi connectivity index (χ4n) is 3.52. The van der Waals surface area contributed by atoms with E-state index in [1.807, 2.05) is 4.57 Å². The number of nitrogens with zero attached hydrogens (tertiary/aromatic N) is 6. The summed E-state index contributed by atoms with van der Waals surface area (Å²) in [6.45, 7) is 0.775. The van der Waals surface area contributed by atoms with E-state index in [9.17, 15) is 23.5 Å². The minimum Gasteiger partial charge on any atom is -0.477 e. The molecule has 3 aromatic heterocycles. The zero-order valence-electron chi connectivity index (χ0n) is 17.5. The van der Waals surface area contributed by atoms with E-state index in [1.54, 1.807) is 18.5 Å². The first kappa shape index (κ1) is 21.4. The van der Waals surface area contributed by atoms with Crippen LogP contribution in [0, 0.1) is 17.6 Å². The van der Waals surface area contributed by atoms with Crippen LogP contribution in [0.4, 0.5) is 14.6 Å². The van der Waals surface area contributed by atoms with Crippen molar-refractivity contribution in [3.8, 4) is 17.2 Å². The number of pyridine rings is 1. The van der Waals surface area contributed by atoms with Gasteiger partial charge in [0.1, 0.15) is 29.5 Å². The maximum Gasteiger partial charge on any atom is 0.354 e. The second-order valence-electron chi connectivity index (χ2n) is 7.85. The summed E-state index contributed by atoms with van der Waals surface area (Å²) in [4.78, 5) is 32.2. The van der Waals surface area contributed by atoms with E-state index >= 15 is 0 Å². The molecule has 1 aliphatic rings. The number of halogens is 2. The zero-order valence-corrected chi connectivity index (χ0v) is 17.5. The largest absolute Gasteiger partial charge is 0.477 e. The summed E-state index contributed by atoms with van der Waals surface area (Å²) in [6.07, 6.45) is 6.00. The standard InChI is InChI=1S/C22H17F2N7O3/c23-14-7-15(24)17(31-10-25-8-18(31)22(33)34)6-13(14)21(32)28-19-3-1-2-16(27-19)20-29-26-11-30(20)9-12-4-5-12/h1-3,6-8,10-12H,4-5,9H2,(H,33,34)(H,27,28,32). The van der Waals surface area contributed by atoms with Gasteiger partial charge in [0.15, 0.2) is 11.5 Å². The quantitative estimate of drug-likeness (QED) is 0.429. The lowest BCUT2D eigenvalue weighted by molar-refractivity contribution is 0.0688. The van der Waals surface area contributed by atoms with Crippen molar-refractivity contribution in [2.24, 2.45) is 5.92 Å². The number of imidazole rings is 1. The van der Waals surface area contributed by atoms with E-state index in [1.165, 1.54) is 6.07 Å². The Morgan fingerprint density at radius 2 is 1.97 bits per heavy atom. The average Bonchev–Trinajstić information content (AvgIpc) is 3.28. The van der Waals surface area contributed by atoms with Gasteiger partial charge in [0, 0.05) is 12.6 Å². The Balaban J connectivity index is 1.43. The van der Waals surface area contributed by atoms with Crippen LogP contribution >= 0.6 is 0 Å². The van der Waals surface area contributed by atoms with Gasteiger partial charge in [0.25, 0.3) is 5.91 Å². The Bertz CT molecular complexity index is 1410. The number of carboxylic acid groups (broad SMARTS) is 1. The van der Waals surface area contributed by atoms with Crippen LogP contribution in [0.3, 0.4) is 0 Å². The molecule has 0 saturated heterocycles. The Morgan fingerprint density at radius 3 is 2.74 bits per heavy atom. The lowest BCUT2D eigenvalue weighted by Gasteiger charge is -2.11. The number of nitrogens with one attached hydrogen (secondary N) is 1. The van der Waals surface area contributed by atoms with Crippen LogP contribution in [0.15, 0.2) is 49.2 Å². The van der Waals surface area contributed by atoms with E-state index in [2.05, 4.69) is 25.5 Å². The molecule has 1 fully saturated rings. The van der Waals surface area contributed by atoms with E-state index in [0.29, 0.717) is 23.5 Å². The molecular weight excluding hydrogens is 448 g/mol. The molecule has 1 amide bonds. The molecule has 0 spiro atoms. The molecule has 3 heterocycles. The number of benzene rings is 1. The van der Waals surface area contributed by atoms with Crippen molar-refractivity contribution in [2.75, 3.05) is 5.32 Å². The van der Waals surface area contributed by atoms with Crippen molar-refractivity contribution in [3.05, 3.63) is 72.1 Å². The first-order valence-corrected chi connectivity index (χ1v) is 10.3. The number of hydrogen-bond acceptors (Lipinski definition) is 6. The fourth-order valence-corrected chi connectivity index (χ4v) is 3.52. The van der Waals surface area contributed by atoms with Crippen molar-refractivity contribution in [1.82, 2.24) is 29.3 Å². The van der Waals surface area contributed by atoms with Crippen molar-refractivity contribution in [1.29, 1.82) is 0 Å². The molecular formula is C22H17F2N7O3. The zero-order chi connectivity index (χ0) is 23.8. The van der Waals surface area contributed by atoms with Crippen molar-refractivity contribution < 1.29 is 23.5 Å². The molecule has 4 aromatic rings. The normalized spacial score (nSPS) is 13.1. The smallest absolute Gasteiger partial charge is 0.354 e. The van der Waals surface area contributed by atoms with Gasteiger partial charge in [-0.2, -0.15) is 0 Å². The number of hydrogen-bond donors (Lipinski definition) is 2. The van der Waals surface area contributed by atoms with Gasteiger partial charge in [-0.15, -0.1) is 10.2 Å². The van der Waals surface area contributed by atoms with E-state index < -0.39 is 29.1 Å². The van der Waals surface area contributed by atoms with Crippen molar-refractivity contribution in [3.63, 3.8) is 0 Å². The van der Waals surface area contributed by atoms with E-state index in [0.717, 1.165) is 42.5 Å². The Hall–Kier alpha value is -4.48. The van der Waals surface area contributed by atoms with Gasteiger partial charge in [-0.3, -0.25) is 9.36 Å². The summed E-state index contributed by atoms with van der Waals surface area (Å²) in [7, 11) is 0. The van der Waals surface area contributed by atoms with Crippen LogP contribution in [0.25, 0.3) is 17.2 Å². The maximum atomic E-state index is 14.5. The molecule has 1 saturated carbocycles. The summed E-state index contributed by atoms with van der Waals surface area (Å²) < 4.78 is 31.7. The second-order valence-corrected chi connectivity index (χ2v) is 7.85. The molecule has 5 rings (SSSR count). The number of amides is 1. The number of carbonyl (C=O) groups is 2. The Morgan fingerprint density at radius 1 is 1.15 bits per heavy atom. The second kappa shape index (κ2) is 8.46. The fraction of sp³-hybridized carbons (Fsp3) is 0.182. The summed E-state index contributed by atoms with van der Waals surface area (Å²) >= 11 is 0. The number of anilines is 1. The third-order valence-electron chi connectivity index (χ3n) is 5.39. The number of carboxylic acids is 1. The molecule has 0 atom stereocenters. The summed E-state index contributed by atoms with van der Waals surface area (Å²) in [6, 6.07) is 6.32. The van der Waals surface area contributed by atoms with Gasteiger partial charge >= 0.3 is 5.97 Å². The van der Waals surface area contributed by atoms with Crippen LogP contribution in [0.2, 0.25) is 0 Å². The maximum absolute atomic E-state index is 14.5. The average molecular weight is 465 g/mol. The van der Waals surface area contributed by atoms with Gasteiger partial charge in [-0.05, 0) is 37.0 Å².